The third-order valence-electron chi connectivity index (χ3n) is 5.33. The van der Waals surface area contributed by atoms with Crippen LogP contribution in [0.3, 0.4) is 0 Å². The predicted molar refractivity (Wildman–Crippen MR) is 115 cm³/mol. The first-order chi connectivity index (χ1) is 15.0. The van der Waals surface area contributed by atoms with Gasteiger partial charge in [0.15, 0.2) is 5.96 Å². The summed E-state index contributed by atoms with van der Waals surface area (Å²) in [4.78, 5) is 43.3. The van der Waals surface area contributed by atoms with E-state index in [4.69, 9.17) is 10.5 Å². The van der Waals surface area contributed by atoms with E-state index < -0.39 is 0 Å². The Kier molecular flexibility index (Phi) is 7.69. The maximum atomic E-state index is 12.5. The molecule has 0 atom stereocenters. The van der Waals surface area contributed by atoms with Gasteiger partial charge in [0.1, 0.15) is 0 Å². The smallest absolute Gasteiger partial charge is 0.409 e. The van der Waals surface area contributed by atoms with Crippen LogP contribution in [0.2, 0.25) is 0 Å². The lowest BCUT2D eigenvalue weighted by atomic mass is 10.1. The fraction of sp³-hybridized carbons (Fsp3) is 0.524. The minimum Gasteiger partial charge on any atom is -0.450 e. The molecule has 10 nitrogen and oxygen atoms in total. The zero-order chi connectivity index (χ0) is 22.2. The Labute approximate surface area is 181 Å². The number of amides is 3. The van der Waals surface area contributed by atoms with Crippen LogP contribution in [0.1, 0.15) is 35.7 Å². The molecule has 1 aromatic rings. The highest BCUT2D eigenvalue weighted by molar-refractivity contribution is 5.97. The molecule has 3 rings (SSSR count). The molecule has 0 aromatic heterocycles. The zero-order valence-electron chi connectivity index (χ0n) is 17.8. The monoisotopic (exact) mass is 430 g/mol. The van der Waals surface area contributed by atoms with Crippen LogP contribution < -0.4 is 16.4 Å². The lowest BCUT2D eigenvalue weighted by molar-refractivity contribution is -0.123. The summed E-state index contributed by atoms with van der Waals surface area (Å²) < 4.78 is 5.02. The molecule has 0 spiro atoms. The number of likely N-dealkylation sites (tertiary alicyclic amines) is 1. The maximum Gasteiger partial charge on any atom is 0.409 e. The van der Waals surface area contributed by atoms with Crippen LogP contribution in [-0.2, 0) is 16.1 Å². The Balaban J connectivity index is 1.45. The van der Waals surface area contributed by atoms with E-state index in [1.807, 2.05) is 12.1 Å². The number of carbonyl (C=O) groups is 3. The fourth-order valence-electron chi connectivity index (χ4n) is 3.60. The van der Waals surface area contributed by atoms with Gasteiger partial charge in [-0.25, -0.2) is 9.79 Å². The number of hydrogen-bond donors (Lipinski definition) is 3. The second kappa shape index (κ2) is 10.6. The molecular formula is C21H30N6O4. The molecule has 3 amide bonds. The zero-order valence-corrected chi connectivity index (χ0v) is 17.8. The van der Waals surface area contributed by atoms with Crippen molar-refractivity contribution in [2.24, 2.45) is 10.7 Å². The summed E-state index contributed by atoms with van der Waals surface area (Å²) in [6.07, 6.45) is 1.29. The number of nitrogens with two attached hydrogens (primary N) is 1. The van der Waals surface area contributed by atoms with E-state index in [0.717, 1.165) is 18.4 Å². The predicted octanol–water partition coefficient (Wildman–Crippen LogP) is 0.284. The van der Waals surface area contributed by atoms with Crippen molar-refractivity contribution in [1.82, 2.24) is 20.4 Å². The van der Waals surface area contributed by atoms with Gasteiger partial charge in [0.2, 0.25) is 5.91 Å². The van der Waals surface area contributed by atoms with Crippen molar-refractivity contribution < 1.29 is 19.1 Å². The minimum atomic E-state index is -0.270. The van der Waals surface area contributed by atoms with E-state index in [0.29, 0.717) is 50.9 Å². The first-order valence-corrected chi connectivity index (χ1v) is 10.6. The number of nitrogens with zero attached hydrogens (tertiary/aromatic N) is 3. The topological polar surface area (TPSA) is 129 Å². The van der Waals surface area contributed by atoms with Gasteiger partial charge in [-0.2, -0.15) is 0 Å². The number of nitrogens with one attached hydrogen (secondary N) is 2. The number of piperidine rings is 1. The first-order valence-electron chi connectivity index (χ1n) is 10.6. The highest BCUT2D eigenvalue weighted by atomic mass is 16.6. The Morgan fingerprint density at radius 1 is 1.19 bits per heavy atom. The molecule has 0 unspecified atom stereocenters. The average Bonchev–Trinajstić information content (AvgIpc) is 2.78. The summed E-state index contributed by atoms with van der Waals surface area (Å²) in [7, 11) is 0. The number of aliphatic imine (C=N–C) groups is 1. The third-order valence-corrected chi connectivity index (χ3v) is 5.33. The number of rotatable bonds is 5. The molecule has 1 aromatic carbocycles. The molecule has 0 aliphatic carbocycles. The van der Waals surface area contributed by atoms with Gasteiger partial charge in [0, 0.05) is 37.8 Å². The van der Waals surface area contributed by atoms with Crippen molar-refractivity contribution >= 4 is 23.9 Å². The van der Waals surface area contributed by atoms with Gasteiger partial charge >= 0.3 is 6.09 Å². The van der Waals surface area contributed by atoms with Gasteiger partial charge in [0.05, 0.1) is 19.7 Å². The first kappa shape index (κ1) is 22.4. The largest absolute Gasteiger partial charge is 0.450 e. The number of carbonyl (C=O) groups excluding carboxylic acids is 3. The van der Waals surface area contributed by atoms with Crippen molar-refractivity contribution in [1.29, 1.82) is 0 Å². The number of hydrogen-bond acceptors (Lipinski definition) is 5. The summed E-state index contributed by atoms with van der Waals surface area (Å²) in [5.41, 5.74) is 7.49. The number of guanidine groups is 1. The van der Waals surface area contributed by atoms with Gasteiger partial charge in [-0.1, -0.05) is 12.1 Å². The SMILES string of the molecule is CCOC(=O)N1CCC(NC(N)=NCc2ccc(C(=O)N3CCNC(=O)C3)cc2)CC1. The molecule has 2 saturated heterocycles. The average molecular weight is 431 g/mol. The van der Waals surface area contributed by atoms with Gasteiger partial charge in [-0.15, -0.1) is 0 Å². The van der Waals surface area contributed by atoms with Gasteiger partial charge in [0.25, 0.3) is 5.91 Å². The van der Waals surface area contributed by atoms with E-state index in [-0.39, 0.29) is 30.5 Å². The summed E-state index contributed by atoms with van der Waals surface area (Å²) in [6, 6.07) is 7.33. The molecule has 2 aliphatic rings. The van der Waals surface area contributed by atoms with Crippen molar-refractivity contribution in [3.63, 3.8) is 0 Å². The highest BCUT2D eigenvalue weighted by Crippen LogP contribution is 2.12. The van der Waals surface area contributed by atoms with E-state index >= 15 is 0 Å². The van der Waals surface area contributed by atoms with Crippen molar-refractivity contribution in [3.05, 3.63) is 35.4 Å². The normalized spacial score (nSPS) is 17.8. The van der Waals surface area contributed by atoms with Gasteiger partial charge in [-0.3, -0.25) is 9.59 Å². The Morgan fingerprint density at radius 2 is 1.90 bits per heavy atom. The van der Waals surface area contributed by atoms with Crippen LogP contribution in [0.5, 0.6) is 0 Å². The second-order valence-corrected chi connectivity index (χ2v) is 7.58. The van der Waals surface area contributed by atoms with E-state index in [1.165, 1.54) is 0 Å². The molecule has 0 saturated carbocycles. The van der Waals surface area contributed by atoms with Crippen LogP contribution in [0, 0.1) is 0 Å². The molecule has 0 bridgehead atoms. The molecule has 2 aliphatic heterocycles. The molecule has 2 heterocycles. The van der Waals surface area contributed by atoms with Crippen LogP contribution >= 0.6 is 0 Å². The van der Waals surface area contributed by atoms with Gasteiger partial charge < -0.3 is 30.9 Å². The van der Waals surface area contributed by atoms with Crippen molar-refractivity contribution in [3.8, 4) is 0 Å². The van der Waals surface area contributed by atoms with Crippen LogP contribution in [0.25, 0.3) is 0 Å². The molecule has 4 N–H and O–H groups in total. The molecule has 2 fully saturated rings. The highest BCUT2D eigenvalue weighted by Gasteiger charge is 2.24. The lowest BCUT2D eigenvalue weighted by Gasteiger charge is -2.31. The Bertz CT molecular complexity index is 818. The minimum absolute atomic E-state index is 0.0891. The van der Waals surface area contributed by atoms with E-state index in [2.05, 4.69) is 15.6 Å². The molecule has 31 heavy (non-hydrogen) atoms. The van der Waals surface area contributed by atoms with Crippen molar-refractivity contribution in [2.45, 2.75) is 32.4 Å². The Hall–Kier alpha value is -3.30. The Morgan fingerprint density at radius 3 is 2.55 bits per heavy atom. The standard InChI is InChI=1S/C21H30N6O4/c1-2-31-21(30)26-10-7-17(8-11-26)25-20(22)24-13-15-3-5-16(6-4-15)19(29)27-12-9-23-18(28)14-27/h3-6,17H,2,7-14H2,1H3,(H,23,28)(H3,22,24,25). The molecule has 168 valence electrons. The molecule has 0 radical (unpaired) electrons. The lowest BCUT2D eigenvalue weighted by Crippen LogP contribution is -2.49. The summed E-state index contributed by atoms with van der Waals surface area (Å²) in [5, 5.41) is 5.92. The van der Waals surface area contributed by atoms with Gasteiger partial charge in [-0.05, 0) is 37.5 Å². The number of piperazine rings is 1. The third kappa shape index (κ3) is 6.34. The van der Waals surface area contributed by atoms with Crippen LogP contribution in [0.4, 0.5) is 4.79 Å². The second-order valence-electron chi connectivity index (χ2n) is 7.58. The van der Waals surface area contributed by atoms with Crippen LogP contribution in [0.15, 0.2) is 29.3 Å². The number of benzene rings is 1. The van der Waals surface area contributed by atoms with E-state index in [9.17, 15) is 14.4 Å². The summed E-state index contributed by atoms with van der Waals surface area (Å²) in [5.74, 6) is 0.0643. The van der Waals surface area contributed by atoms with Crippen LogP contribution in [-0.4, -0.2) is 79.0 Å². The maximum absolute atomic E-state index is 12.5. The fourth-order valence-corrected chi connectivity index (χ4v) is 3.60. The quantitative estimate of drug-likeness (QED) is 0.455. The van der Waals surface area contributed by atoms with Crippen molar-refractivity contribution in [2.75, 3.05) is 39.3 Å². The molecule has 10 heteroatoms. The summed E-state index contributed by atoms with van der Waals surface area (Å²) in [6.45, 7) is 4.89. The van der Waals surface area contributed by atoms with E-state index in [1.54, 1.807) is 28.9 Å². The number of ether oxygens (including phenoxy) is 1. The summed E-state index contributed by atoms with van der Waals surface area (Å²) >= 11 is 0. The molecular weight excluding hydrogens is 400 g/mol.